The third-order valence-corrected chi connectivity index (χ3v) is 2.36. The molecular weight excluding hydrogens is 230 g/mol. The summed E-state index contributed by atoms with van der Waals surface area (Å²) < 4.78 is 11.0. The van der Waals surface area contributed by atoms with Crippen molar-refractivity contribution < 1.29 is 9.47 Å². The van der Waals surface area contributed by atoms with E-state index in [4.69, 9.17) is 15.2 Å². The molecule has 0 unspecified atom stereocenters. The number of hydrogen-bond donors (Lipinski definition) is 1. The second-order valence-electron chi connectivity index (χ2n) is 4.61. The number of anilines is 1. The van der Waals surface area contributed by atoms with Gasteiger partial charge in [0.1, 0.15) is 18.8 Å². The Bertz CT molecular complexity index is 356. The molecule has 0 radical (unpaired) electrons. The molecule has 102 valence electrons. The van der Waals surface area contributed by atoms with Crippen LogP contribution < -0.4 is 10.5 Å². The van der Waals surface area contributed by atoms with Crippen molar-refractivity contribution in [2.45, 2.75) is 33.6 Å². The zero-order valence-electron chi connectivity index (χ0n) is 11.5. The molecule has 1 aromatic heterocycles. The maximum absolute atomic E-state index is 5.82. The van der Waals surface area contributed by atoms with Crippen molar-refractivity contribution in [2.75, 3.05) is 25.6 Å². The van der Waals surface area contributed by atoms with Crippen LogP contribution in [0, 0.1) is 5.92 Å². The highest BCUT2D eigenvalue weighted by Gasteiger charge is 2.09. The van der Waals surface area contributed by atoms with Gasteiger partial charge in [-0.25, -0.2) is 9.97 Å². The number of ether oxygens (including phenoxy) is 2. The van der Waals surface area contributed by atoms with Gasteiger partial charge in [-0.1, -0.05) is 27.2 Å². The first kappa shape index (κ1) is 14.7. The van der Waals surface area contributed by atoms with Crippen LogP contribution in [0.3, 0.4) is 0 Å². The molecule has 1 heterocycles. The number of nitrogens with zero attached hydrogens (tertiary/aromatic N) is 2. The van der Waals surface area contributed by atoms with Gasteiger partial charge >= 0.3 is 0 Å². The lowest BCUT2D eigenvalue weighted by molar-refractivity contribution is 0.0803. The molecule has 0 amide bonds. The molecule has 0 aliphatic carbocycles. The van der Waals surface area contributed by atoms with E-state index < -0.39 is 0 Å². The van der Waals surface area contributed by atoms with Crippen molar-refractivity contribution in [2.24, 2.45) is 5.92 Å². The predicted molar refractivity (Wildman–Crippen MR) is 71.6 cm³/mol. The van der Waals surface area contributed by atoms with Gasteiger partial charge in [0, 0.05) is 6.61 Å². The van der Waals surface area contributed by atoms with Gasteiger partial charge in [0.15, 0.2) is 0 Å². The Morgan fingerprint density at radius 1 is 1.28 bits per heavy atom. The van der Waals surface area contributed by atoms with Crippen LogP contribution in [-0.2, 0) is 11.2 Å². The fourth-order valence-corrected chi connectivity index (χ4v) is 1.53. The number of aromatic nitrogens is 2. The molecule has 5 heteroatoms. The summed E-state index contributed by atoms with van der Waals surface area (Å²) in [5.74, 6) is 1.62. The Morgan fingerprint density at radius 2 is 2.06 bits per heavy atom. The molecule has 0 aliphatic heterocycles. The Hall–Kier alpha value is -1.36. The lowest BCUT2D eigenvalue weighted by Gasteiger charge is -2.11. The molecule has 5 nitrogen and oxygen atoms in total. The molecule has 0 bridgehead atoms. The number of nitrogen functional groups attached to an aromatic ring is 1. The Morgan fingerprint density at radius 3 is 2.72 bits per heavy atom. The van der Waals surface area contributed by atoms with Crippen molar-refractivity contribution >= 4 is 5.82 Å². The van der Waals surface area contributed by atoms with E-state index in [1.165, 1.54) is 6.33 Å². The van der Waals surface area contributed by atoms with Crippen LogP contribution in [-0.4, -0.2) is 29.8 Å². The fourth-order valence-electron chi connectivity index (χ4n) is 1.53. The fraction of sp³-hybridized carbons (Fsp3) is 0.692. The topological polar surface area (TPSA) is 70.3 Å². The van der Waals surface area contributed by atoms with Crippen molar-refractivity contribution in [3.63, 3.8) is 0 Å². The maximum Gasteiger partial charge on any atom is 0.221 e. The highest BCUT2D eigenvalue weighted by Crippen LogP contribution is 2.20. The zero-order chi connectivity index (χ0) is 13.4. The van der Waals surface area contributed by atoms with E-state index in [2.05, 4.69) is 30.7 Å². The van der Waals surface area contributed by atoms with Crippen LogP contribution in [0.1, 0.15) is 32.8 Å². The Kier molecular flexibility index (Phi) is 6.43. The summed E-state index contributed by atoms with van der Waals surface area (Å²) in [6.45, 7) is 8.11. The van der Waals surface area contributed by atoms with Crippen LogP contribution in [0.15, 0.2) is 6.33 Å². The van der Waals surface area contributed by atoms with Crippen molar-refractivity contribution in [3.05, 3.63) is 11.9 Å². The van der Waals surface area contributed by atoms with Gasteiger partial charge in [-0.3, -0.25) is 0 Å². The standard InChI is InChI=1S/C13H23N3O2/c1-4-5-11-12(14)15-9-16-13(11)18-7-6-17-8-10(2)3/h9-10H,4-8H2,1-3H3,(H2,14,15,16). The van der Waals surface area contributed by atoms with Gasteiger partial charge in [0.05, 0.1) is 12.2 Å². The summed E-state index contributed by atoms with van der Waals surface area (Å²) in [4.78, 5) is 8.10. The van der Waals surface area contributed by atoms with Crippen LogP contribution in [0.2, 0.25) is 0 Å². The molecule has 0 spiro atoms. The van der Waals surface area contributed by atoms with E-state index in [-0.39, 0.29) is 0 Å². The molecule has 0 saturated carbocycles. The van der Waals surface area contributed by atoms with E-state index in [1.807, 2.05) is 0 Å². The molecule has 1 aromatic rings. The summed E-state index contributed by atoms with van der Waals surface area (Å²) in [6.07, 6.45) is 3.24. The number of hydrogen-bond acceptors (Lipinski definition) is 5. The summed E-state index contributed by atoms with van der Waals surface area (Å²) in [7, 11) is 0. The van der Waals surface area contributed by atoms with Crippen LogP contribution in [0.25, 0.3) is 0 Å². The molecule has 0 aliphatic rings. The van der Waals surface area contributed by atoms with E-state index in [0.717, 1.165) is 25.0 Å². The van der Waals surface area contributed by atoms with Gasteiger partial charge in [0.2, 0.25) is 5.88 Å². The summed E-state index contributed by atoms with van der Waals surface area (Å²) in [5.41, 5.74) is 6.71. The molecule has 18 heavy (non-hydrogen) atoms. The average Bonchev–Trinajstić information content (AvgIpc) is 2.32. The van der Waals surface area contributed by atoms with Gasteiger partial charge in [-0.05, 0) is 12.3 Å². The minimum absolute atomic E-state index is 0.486. The monoisotopic (exact) mass is 253 g/mol. The van der Waals surface area contributed by atoms with Gasteiger partial charge < -0.3 is 15.2 Å². The first-order valence-electron chi connectivity index (χ1n) is 6.45. The summed E-state index contributed by atoms with van der Waals surface area (Å²) in [5, 5.41) is 0. The van der Waals surface area contributed by atoms with Crippen LogP contribution in [0.4, 0.5) is 5.82 Å². The normalized spacial score (nSPS) is 10.9. The predicted octanol–water partition coefficient (Wildman–Crippen LogP) is 2.06. The molecule has 0 aromatic carbocycles. The molecule has 2 N–H and O–H groups in total. The molecule has 0 atom stereocenters. The highest BCUT2D eigenvalue weighted by molar-refractivity contribution is 5.44. The smallest absolute Gasteiger partial charge is 0.221 e. The second kappa shape index (κ2) is 7.87. The molecule has 0 fully saturated rings. The number of nitrogens with two attached hydrogens (primary N) is 1. The number of rotatable bonds is 8. The minimum atomic E-state index is 0.486. The third-order valence-electron chi connectivity index (χ3n) is 2.36. The summed E-state index contributed by atoms with van der Waals surface area (Å²) >= 11 is 0. The van der Waals surface area contributed by atoms with Gasteiger partial charge in [0.25, 0.3) is 0 Å². The second-order valence-corrected chi connectivity index (χ2v) is 4.61. The van der Waals surface area contributed by atoms with E-state index in [0.29, 0.717) is 30.8 Å². The van der Waals surface area contributed by atoms with Crippen molar-refractivity contribution in [3.8, 4) is 5.88 Å². The van der Waals surface area contributed by atoms with Crippen LogP contribution in [0.5, 0.6) is 5.88 Å². The zero-order valence-corrected chi connectivity index (χ0v) is 11.5. The Labute approximate surface area is 109 Å². The van der Waals surface area contributed by atoms with Crippen LogP contribution >= 0.6 is 0 Å². The van der Waals surface area contributed by atoms with E-state index in [1.54, 1.807) is 0 Å². The first-order chi connectivity index (χ1) is 8.65. The summed E-state index contributed by atoms with van der Waals surface area (Å²) in [6, 6.07) is 0. The molecule has 0 saturated heterocycles. The van der Waals surface area contributed by atoms with E-state index in [9.17, 15) is 0 Å². The highest BCUT2D eigenvalue weighted by atomic mass is 16.5. The lowest BCUT2D eigenvalue weighted by atomic mass is 10.2. The Balaban J connectivity index is 2.44. The largest absolute Gasteiger partial charge is 0.475 e. The van der Waals surface area contributed by atoms with Gasteiger partial charge in [-0.15, -0.1) is 0 Å². The molecular formula is C13H23N3O2. The molecule has 1 rings (SSSR count). The first-order valence-corrected chi connectivity index (χ1v) is 6.45. The quantitative estimate of drug-likeness (QED) is 0.718. The third kappa shape index (κ3) is 4.87. The SMILES string of the molecule is CCCc1c(N)ncnc1OCCOCC(C)C. The average molecular weight is 253 g/mol. The minimum Gasteiger partial charge on any atom is -0.475 e. The van der Waals surface area contributed by atoms with Crippen molar-refractivity contribution in [1.29, 1.82) is 0 Å². The van der Waals surface area contributed by atoms with Crippen molar-refractivity contribution in [1.82, 2.24) is 9.97 Å². The maximum atomic E-state index is 5.82. The lowest BCUT2D eigenvalue weighted by Crippen LogP contribution is -2.12. The van der Waals surface area contributed by atoms with E-state index >= 15 is 0 Å². The van der Waals surface area contributed by atoms with Gasteiger partial charge in [-0.2, -0.15) is 0 Å².